The van der Waals surface area contributed by atoms with E-state index in [0.717, 1.165) is 50.4 Å². The van der Waals surface area contributed by atoms with Crippen LogP contribution in [0.25, 0.3) is 0 Å². The van der Waals surface area contributed by atoms with Gasteiger partial charge in [-0.25, -0.2) is 0 Å². The highest BCUT2D eigenvalue weighted by Crippen LogP contribution is 2.15. The average Bonchev–Trinajstić information content (AvgIpc) is 2.47. The van der Waals surface area contributed by atoms with Gasteiger partial charge in [0.25, 0.3) is 5.91 Å². The van der Waals surface area contributed by atoms with Gasteiger partial charge in [0, 0.05) is 31.2 Å². The molecule has 110 valence electrons. The summed E-state index contributed by atoms with van der Waals surface area (Å²) in [6.07, 6.45) is 2.18. The highest BCUT2D eigenvalue weighted by Gasteiger charge is 2.21. The molecule has 0 saturated carbocycles. The number of hydrogen-bond acceptors (Lipinski definition) is 3. The van der Waals surface area contributed by atoms with Gasteiger partial charge in [0.2, 0.25) is 0 Å². The zero-order valence-corrected chi connectivity index (χ0v) is 12.4. The number of nitrogens with zero attached hydrogens (tertiary/aromatic N) is 1. The van der Waals surface area contributed by atoms with E-state index in [1.807, 2.05) is 29.2 Å². The van der Waals surface area contributed by atoms with Crippen molar-refractivity contribution in [1.82, 2.24) is 10.2 Å². The van der Waals surface area contributed by atoms with Crippen molar-refractivity contribution in [2.24, 2.45) is 0 Å². The van der Waals surface area contributed by atoms with Crippen molar-refractivity contribution in [2.75, 3.05) is 26.2 Å². The van der Waals surface area contributed by atoms with Crippen molar-refractivity contribution in [3.8, 4) is 5.75 Å². The Morgan fingerprint density at radius 2 is 2.15 bits per heavy atom. The fourth-order valence-corrected chi connectivity index (χ4v) is 2.33. The van der Waals surface area contributed by atoms with Crippen LogP contribution >= 0.6 is 0 Å². The molecule has 1 aliphatic rings. The average molecular weight is 276 g/mol. The summed E-state index contributed by atoms with van der Waals surface area (Å²) in [4.78, 5) is 14.3. The first-order valence-corrected chi connectivity index (χ1v) is 7.46. The van der Waals surface area contributed by atoms with Gasteiger partial charge in [-0.15, -0.1) is 0 Å². The molecule has 1 heterocycles. The zero-order chi connectivity index (χ0) is 14.4. The maximum Gasteiger partial charge on any atom is 0.253 e. The summed E-state index contributed by atoms with van der Waals surface area (Å²) in [5.74, 6) is 0.946. The largest absolute Gasteiger partial charge is 0.494 e. The number of amides is 1. The molecule has 1 N–H and O–H groups in total. The van der Waals surface area contributed by atoms with Gasteiger partial charge in [0.15, 0.2) is 0 Å². The molecule has 1 atom stereocenters. The Kier molecular flexibility index (Phi) is 5.41. The molecule has 0 bridgehead atoms. The van der Waals surface area contributed by atoms with Gasteiger partial charge in [-0.1, -0.05) is 13.3 Å². The molecular formula is C16H24N2O2. The molecule has 1 aromatic carbocycles. The van der Waals surface area contributed by atoms with Gasteiger partial charge >= 0.3 is 0 Å². The van der Waals surface area contributed by atoms with E-state index in [2.05, 4.69) is 19.2 Å². The minimum atomic E-state index is 0.110. The van der Waals surface area contributed by atoms with Crippen LogP contribution in [0.1, 0.15) is 37.0 Å². The lowest BCUT2D eigenvalue weighted by Gasteiger charge is -2.32. The van der Waals surface area contributed by atoms with Crippen LogP contribution < -0.4 is 10.1 Å². The van der Waals surface area contributed by atoms with Crippen molar-refractivity contribution in [1.29, 1.82) is 0 Å². The molecule has 1 aromatic rings. The monoisotopic (exact) mass is 276 g/mol. The molecule has 1 fully saturated rings. The lowest BCUT2D eigenvalue weighted by Crippen LogP contribution is -2.51. The molecule has 0 radical (unpaired) electrons. The summed E-state index contributed by atoms with van der Waals surface area (Å²) in [6, 6.07) is 7.85. The van der Waals surface area contributed by atoms with Crippen LogP contribution in [-0.2, 0) is 0 Å². The van der Waals surface area contributed by atoms with Crippen LogP contribution in [0.4, 0.5) is 0 Å². The number of carbonyl (C=O) groups excluding carboxylic acids is 1. The van der Waals surface area contributed by atoms with E-state index in [-0.39, 0.29) is 5.91 Å². The Morgan fingerprint density at radius 3 is 2.80 bits per heavy atom. The summed E-state index contributed by atoms with van der Waals surface area (Å²) in [7, 11) is 0. The minimum Gasteiger partial charge on any atom is -0.494 e. The molecular weight excluding hydrogens is 252 g/mol. The predicted octanol–water partition coefficient (Wildman–Crippen LogP) is 2.30. The van der Waals surface area contributed by atoms with E-state index in [1.165, 1.54) is 0 Å². The van der Waals surface area contributed by atoms with Crippen molar-refractivity contribution in [3.05, 3.63) is 29.8 Å². The topological polar surface area (TPSA) is 41.6 Å². The van der Waals surface area contributed by atoms with Crippen molar-refractivity contribution < 1.29 is 9.53 Å². The quantitative estimate of drug-likeness (QED) is 0.839. The Balaban J connectivity index is 1.93. The second kappa shape index (κ2) is 7.29. The molecule has 4 heteroatoms. The van der Waals surface area contributed by atoms with Gasteiger partial charge < -0.3 is 15.0 Å². The summed E-state index contributed by atoms with van der Waals surface area (Å²) < 4.78 is 5.61. The Bertz CT molecular complexity index is 431. The predicted molar refractivity (Wildman–Crippen MR) is 80.2 cm³/mol. The number of hydrogen-bond donors (Lipinski definition) is 1. The van der Waals surface area contributed by atoms with Gasteiger partial charge in [-0.3, -0.25) is 4.79 Å². The number of ether oxygens (including phenoxy) is 1. The fraction of sp³-hybridized carbons (Fsp3) is 0.562. The van der Waals surface area contributed by atoms with E-state index < -0.39 is 0 Å². The summed E-state index contributed by atoms with van der Waals surface area (Å²) in [5.41, 5.74) is 0.738. The first kappa shape index (κ1) is 14.9. The second-order valence-corrected chi connectivity index (χ2v) is 5.33. The zero-order valence-electron chi connectivity index (χ0n) is 12.4. The van der Waals surface area contributed by atoms with Crippen LogP contribution in [-0.4, -0.2) is 43.1 Å². The number of nitrogens with one attached hydrogen (secondary N) is 1. The first-order chi connectivity index (χ1) is 9.70. The Labute approximate surface area is 121 Å². The van der Waals surface area contributed by atoms with Gasteiger partial charge in [0.1, 0.15) is 5.75 Å². The molecule has 1 amide bonds. The second-order valence-electron chi connectivity index (χ2n) is 5.33. The third-order valence-corrected chi connectivity index (χ3v) is 3.52. The maximum atomic E-state index is 12.4. The Hall–Kier alpha value is -1.55. The fourth-order valence-electron chi connectivity index (χ4n) is 2.33. The van der Waals surface area contributed by atoms with E-state index in [1.54, 1.807) is 0 Å². The SMILES string of the molecule is CCCCOc1ccc(C(=O)N2CCN[C@H](C)C2)cc1. The Morgan fingerprint density at radius 1 is 1.40 bits per heavy atom. The van der Waals surface area contributed by atoms with E-state index in [4.69, 9.17) is 4.74 Å². The van der Waals surface area contributed by atoms with E-state index in [9.17, 15) is 4.79 Å². The van der Waals surface area contributed by atoms with E-state index >= 15 is 0 Å². The summed E-state index contributed by atoms with van der Waals surface area (Å²) in [5, 5.41) is 3.34. The smallest absolute Gasteiger partial charge is 0.253 e. The van der Waals surface area contributed by atoms with E-state index in [0.29, 0.717) is 6.04 Å². The molecule has 4 nitrogen and oxygen atoms in total. The van der Waals surface area contributed by atoms with Crippen LogP contribution in [0.5, 0.6) is 5.75 Å². The number of piperazine rings is 1. The number of rotatable bonds is 5. The van der Waals surface area contributed by atoms with Crippen molar-refractivity contribution in [2.45, 2.75) is 32.7 Å². The van der Waals surface area contributed by atoms with Crippen LogP contribution in [0.2, 0.25) is 0 Å². The molecule has 0 unspecified atom stereocenters. The summed E-state index contributed by atoms with van der Waals surface area (Å²) in [6.45, 7) is 7.39. The lowest BCUT2D eigenvalue weighted by molar-refractivity contribution is 0.0709. The minimum absolute atomic E-state index is 0.110. The van der Waals surface area contributed by atoms with Crippen LogP contribution in [0, 0.1) is 0 Å². The summed E-state index contributed by atoms with van der Waals surface area (Å²) >= 11 is 0. The molecule has 0 aliphatic carbocycles. The molecule has 0 aromatic heterocycles. The highest BCUT2D eigenvalue weighted by atomic mass is 16.5. The normalized spacial score (nSPS) is 18.9. The molecule has 1 saturated heterocycles. The third kappa shape index (κ3) is 3.97. The standard InChI is InChI=1S/C16H24N2O2/c1-3-4-11-20-15-7-5-14(6-8-15)16(19)18-10-9-17-13(2)12-18/h5-8,13,17H,3-4,9-12H2,1-2H3/t13-/m1/s1. The number of benzene rings is 1. The number of unbranched alkanes of at least 4 members (excludes halogenated alkanes) is 1. The molecule has 1 aliphatic heterocycles. The third-order valence-electron chi connectivity index (χ3n) is 3.52. The van der Waals surface area contributed by atoms with Crippen LogP contribution in [0.3, 0.4) is 0 Å². The number of carbonyl (C=O) groups is 1. The van der Waals surface area contributed by atoms with Crippen LogP contribution in [0.15, 0.2) is 24.3 Å². The molecule has 20 heavy (non-hydrogen) atoms. The van der Waals surface area contributed by atoms with Gasteiger partial charge in [-0.05, 0) is 37.6 Å². The van der Waals surface area contributed by atoms with Crippen molar-refractivity contribution in [3.63, 3.8) is 0 Å². The van der Waals surface area contributed by atoms with Gasteiger partial charge in [0.05, 0.1) is 6.61 Å². The lowest BCUT2D eigenvalue weighted by atomic mass is 10.1. The molecule has 2 rings (SSSR count). The highest BCUT2D eigenvalue weighted by molar-refractivity contribution is 5.94. The van der Waals surface area contributed by atoms with Crippen molar-refractivity contribution >= 4 is 5.91 Å². The van der Waals surface area contributed by atoms with Gasteiger partial charge in [-0.2, -0.15) is 0 Å². The molecule has 0 spiro atoms. The first-order valence-electron chi connectivity index (χ1n) is 7.46. The maximum absolute atomic E-state index is 12.4.